The Morgan fingerprint density at radius 2 is 2.20 bits per heavy atom. The van der Waals surface area contributed by atoms with E-state index in [1.807, 2.05) is 0 Å². The van der Waals surface area contributed by atoms with Gasteiger partial charge in [-0.05, 0) is 18.2 Å². The first kappa shape index (κ1) is 18.7. The molecular weight excluding hydrogens is 364 g/mol. The van der Waals surface area contributed by atoms with Gasteiger partial charge in [0.05, 0.1) is 7.11 Å². The summed E-state index contributed by atoms with van der Waals surface area (Å²) < 4.78 is 11.1. The van der Waals surface area contributed by atoms with Crippen LogP contribution in [0.2, 0.25) is 0 Å². The highest BCUT2D eigenvalue weighted by Crippen LogP contribution is 2.29. The largest absolute Gasteiger partial charge is 0.493 e. The number of hydrogen-bond donors (Lipinski definition) is 2. The number of ether oxygens (including phenoxy) is 2. The van der Waals surface area contributed by atoms with Crippen LogP contribution in [0.1, 0.15) is 10.4 Å². The van der Waals surface area contributed by atoms with Crippen LogP contribution < -0.4 is 20.5 Å². The number of nitrogens with zero attached hydrogens (tertiary/aromatic N) is 2. The van der Waals surface area contributed by atoms with Gasteiger partial charge in [0.2, 0.25) is 5.13 Å². The Morgan fingerprint density at radius 1 is 1.40 bits per heavy atom. The Bertz CT molecular complexity index is 779. The quantitative estimate of drug-likeness (QED) is 0.388. The van der Waals surface area contributed by atoms with Crippen molar-refractivity contribution < 1.29 is 19.1 Å². The van der Waals surface area contributed by atoms with Crippen LogP contribution in [0.5, 0.6) is 11.5 Å². The van der Waals surface area contributed by atoms with Crippen LogP contribution in [-0.4, -0.2) is 41.5 Å². The number of anilines is 1. The van der Waals surface area contributed by atoms with Crippen molar-refractivity contribution in [1.82, 2.24) is 10.2 Å². The first-order chi connectivity index (χ1) is 12.0. The molecular formula is C15H16N4O4S2. The molecule has 0 unspecified atom stereocenters. The van der Waals surface area contributed by atoms with E-state index in [0.717, 1.165) is 4.34 Å². The van der Waals surface area contributed by atoms with Gasteiger partial charge >= 0.3 is 0 Å². The van der Waals surface area contributed by atoms with E-state index >= 15 is 0 Å². The zero-order chi connectivity index (χ0) is 18.2. The molecule has 0 saturated heterocycles. The Labute approximate surface area is 152 Å². The average molecular weight is 380 g/mol. The zero-order valence-corrected chi connectivity index (χ0v) is 15.0. The molecule has 0 spiro atoms. The SMILES string of the molecule is C=CCSc1nnc(NC(=O)c2ccc(OCC(N)=O)c(OC)c2)s1. The van der Waals surface area contributed by atoms with E-state index in [-0.39, 0.29) is 12.5 Å². The highest BCUT2D eigenvalue weighted by Gasteiger charge is 2.14. The molecule has 0 fully saturated rings. The van der Waals surface area contributed by atoms with Crippen molar-refractivity contribution in [2.75, 3.05) is 24.8 Å². The fraction of sp³-hybridized carbons (Fsp3) is 0.200. The van der Waals surface area contributed by atoms with Crippen LogP contribution >= 0.6 is 23.1 Å². The predicted octanol–water partition coefficient (Wildman–Crippen LogP) is 1.94. The zero-order valence-electron chi connectivity index (χ0n) is 13.4. The summed E-state index contributed by atoms with van der Waals surface area (Å²) in [6.07, 6.45) is 1.76. The number of thioether (sulfide) groups is 1. The minimum atomic E-state index is -0.606. The molecule has 2 rings (SSSR count). The molecule has 0 atom stereocenters. The fourth-order valence-corrected chi connectivity index (χ4v) is 3.20. The molecule has 10 heteroatoms. The van der Waals surface area contributed by atoms with Crippen LogP contribution in [0, 0.1) is 0 Å². The molecule has 8 nitrogen and oxygen atoms in total. The summed E-state index contributed by atoms with van der Waals surface area (Å²) in [5, 5.41) is 11.0. The van der Waals surface area contributed by atoms with E-state index in [0.29, 0.717) is 27.9 Å². The van der Waals surface area contributed by atoms with E-state index in [4.69, 9.17) is 15.2 Å². The number of rotatable bonds is 9. The molecule has 3 N–H and O–H groups in total. The van der Waals surface area contributed by atoms with Crippen LogP contribution in [-0.2, 0) is 4.79 Å². The third kappa shape index (κ3) is 5.47. The predicted molar refractivity (Wildman–Crippen MR) is 96.5 cm³/mol. The van der Waals surface area contributed by atoms with E-state index in [1.165, 1.54) is 42.3 Å². The lowest BCUT2D eigenvalue weighted by Gasteiger charge is -2.10. The molecule has 1 heterocycles. The molecule has 0 aliphatic carbocycles. The van der Waals surface area contributed by atoms with Crippen molar-refractivity contribution in [3.05, 3.63) is 36.4 Å². The van der Waals surface area contributed by atoms with Crippen LogP contribution in [0.4, 0.5) is 5.13 Å². The lowest BCUT2D eigenvalue weighted by molar-refractivity contribution is -0.119. The first-order valence-electron chi connectivity index (χ1n) is 7.01. The molecule has 25 heavy (non-hydrogen) atoms. The molecule has 0 aliphatic heterocycles. The molecule has 132 valence electrons. The highest BCUT2D eigenvalue weighted by atomic mass is 32.2. The molecule has 1 aromatic heterocycles. The number of aromatic nitrogens is 2. The fourth-order valence-electron chi connectivity index (χ4n) is 1.70. The summed E-state index contributed by atoms with van der Waals surface area (Å²) >= 11 is 2.76. The smallest absolute Gasteiger partial charge is 0.257 e. The van der Waals surface area contributed by atoms with Gasteiger partial charge in [-0.3, -0.25) is 14.9 Å². The number of nitrogens with two attached hydrogens (primary N) is 1. The third-order valence-corrected chi connectivity index (χ3v) is 4.72. The van der Waals surface area contributed by atoms with Crippen molar-refractivity contribution >= 4 is 40.0 Å². The Kier molecular flexibility index (Phi) is 6.78. The van der Waals surface area contributed by atoms with Gasteiger partial charge in [-0.2, -0.15) is 0 Å². The van der Waals surface area contributed by atoms with E-state index in [2.05, 4.69) is 22.1 Å². The second kappa shape index (κ2) is 9.04. The number of methoxy groups -OCH3 is 1. The summed E-state index contributed by atoms with van der Waals surface area (Å²) in [5.41, 5.74) is 5.39. The monoisotopic (exact) mass is 380 g/mol. The molecule has 0 bridgehead atoms. The van der Waals surface area contributed by atoms with Gasteiger partial charge in [-0.1, -0.05) is 29.2 Å². The van der Waals surface area contributed by atoms with Crippen LogP contribution in [0.15, 0.2) is 35.2 Å². The van der Waals surface area contributed by atoms with E-state index in [1.54, 1.807) is 12.1 Å². The number of carbonyl (C=O) groups is 2. The Hall–Kier alpha value is -2.59. The normalized spacial score (nSPS) is 10.1. The van der Waals surface area contributed by atoms with E-state index in [9.17, 15) is 9.59 Å². The number of benzene rings is 1. The number of primary amides is 1. The van der Waals surface area contributed by atoms with Gasteiger partial charge < -0.3 is 15.2 Å². The number of nitrogens with one attached hydrogen (secondary N) is 1. The number of amides is 2. The lowest BCUT2D eigenvalue weighted by atomic mass is 10.2. The summed E-state index contributed by atoms with van der Waals surface area (Å²) in [4.78, 5) is 23.1. The van der Waals surface area contributed by atoms with Gasteiger partial charge in [0, 0.05) is 11.3 Å². The maximum atomic E-state index is 12.3. The second-order valence-electron chi connectivity index (χ2n) is 4.55. The summed E-state index contributed by atoms with van der Waals surface area (Å²) in [6, 6.07) is 4.57. The van der Waals surface area contributed by atoms with Crippen molar-refractivity contribution in [3.8, 4) is 11.5 Å². The van der Waals surface area contributed by atoms with Crippen LogP contribution in [0.3, 0.4) is 0 Å². The maximum absolute atomic E-state index is 12.3. The summed E-state index contributed by atoms with van der Waals surface area (Å²) in [7, 11) is 1.43. The molecule has 0 radical (unpaired) electrons. The van der Waals surface area contributed by atoms with Crippen molar-refractivity contribution in [2.45, 2.75) is 4.34 Å². The van der Waals surface area contributed by atoms with Gasteiger partial charge in [0.15, 0.2) is 22.4 Å². The standard InChI is InChI=1S/C15H16N4O4S2/c1-3-6-24-15-19-18-14(25-15)17-13(21)9-4-5-10(11(7-9)22-2)23-8-12(16)20/h3-5,7H,1,6,8H2,2H3,(H2,16,20)(H,17,18,21). The topological polar surface area (TPSA) is 116 Å². The van der Waals surface area contributed by atoms with E-state index < -0.39 is 5.91 Å². The Morgan fingerprint density at radius 3 is 2.88 bits per heavy atom. The molecule has 2 amide bonds. The second-order valence-corrected chi connectivity index (χ2v) is 6.79. The molecule has 0 saturated carbocycles. The third-order valence-electron chi connectivity index (χ3n) is 2.75. The summed E-state index contributed by atoms with van der Waals surface area (Å²) in [6.45, 7) is 3.36. The molecule has 1 aromatic carbocycles. The van der Waals surface area contributed by atoms with Crippen molar-refractivity contribution in [3.63, 3.8) is 0 Å². The van der Waals surface area contributed by atoms with Crippen molar-refractivity contribution in [1.29, 1.82) is 0 Å². The van der Waals surface area contributed by atoms with Gasteiger partial charge in [0.25, 0.3) is 11.8 Å². The van der Waals surface area contributed by atoms with Gasteiger partial charge in [0.1, 0.15) is 0 Å². The highest BCUT2D eigenvalue weighted by molar-refractivity contribution is 8.01. The minimum absolute atomic E-state index is 0.280. The van der Waals surface area contributed by atoms with Crippen molar-refractivity contribution in [2.24, 2.45) is 5.73 Å². The summed E-state index contributed by atoms with van der Waals surface area (Å²) in [5.74, 6) is 0.374. The lowest BCUT2D eigenvalue weighted by Crippen LogP contribution is -2.20. The Balaban J connectivity index is 2.06. The first-order valence-corrected chi connectivity index (χ1v) is 8.81. The molecule has 0 aliphatic rings. The minimum Gasteiger partial charge on any atom is -0.493 e. The number of hydrogen-bond acceptors (Lipinski definition) is 8. The maximum Gasteiger partial charge on any atom is 0.257 e. The number of carbonyl (C=O) groups excluding carboxylic acids is 2. The van der Waals surface area contributed by atoms with Gasteiger partial charge in [-0.15, -0.1) is 16.8 Å². The van der Waals surface area contributed by atoms with Gasteiger partial charge in [-0.25, -0.2) is 0 Å². The molecule has 2 aromatic rings. The van der Waals surface area contributed by atoms with Crippen LogP contribution in [0.25, 0.3) is 0 Å². The average Bonchev–Trinajstić information content (AvgIpc) is 3.05.